The van der Waals surface area contributed by atoms with Crippen molar-refractivity contribution in [2.45, 2.75) is 50.5 Å². The number of ether oxygens (including phenoxy) is 1. The number of amides is 2. The number of hydrogen-bond acceptors (Lipinski definition) is 5. The number of carbonyl (C=O) groups is 2. The van der Waals surface area contributed by atoms with Crippen molar-refractivity contribution in [2.75, 3.05) is 13.2 Å². The first-order valence-electron chi connectivity index (χ1n) is 12.0. The van der Waals surface area contributed by atoms with E-state index < -0.39 is 18.2 Å². The van der Waals surface area contributed by atoms with Gasteiger partial charge in [0.2, 0.25) is 11.8 Å². The lowest BCUT2D eigenvalue weighted by molar-refractivity contribution is -0.146. The van der Waals surface area contributed by atoms with Gasteiger partial charge in [-0.25, -0.2) is 0 Å². The molecular weight excluding hydrogens is 559 g/mol. The summed E-state index contributed by atoms with van der Waals surface area (Å²) >= 11 is 2.17. The Morgan fingerprint density at radius 1 is 1.09 bits per heavy atom. The van der Waals surface area contributed by atoms with Gasteiger partial charge in [0.25, 0.3) is 0 Å². The molecule has 3 atom stereocenters. The van der Waals surface area contributed by atoms with Gasteiger partial charge in [0.1, 0.15) is 18.0 Å². The average molecular weight is 590 g/mol. The predicted octanol–water partition coefficient (Wildman–Crippen LogP) is 3.04. The Labute approximate surface area is 219 Å². The van der Waals surface area contributed by atoms with Gasteiger partial charge >= 0.3 is 0 Å². The first-order valence-corrected chi connectivity index (χ1v) is 13.1. The molecule has 0 spiro atoms. The largest absolute Gasteiger partial charge is 0.482 e. The predicted molar refractivity (Wildman–Crippen MR) is 140 cm³/mol. The fraction of sp³-hybridized carbons (Fsp3) is 0.407. The molecule has 1 fully saturated rings. The van der Waals surface area contributed by atoms with Crippen LogP contribution in [0.15, 0.2) is 66.2 Å². The van der Waals surface area contributed by atoms with E-state index in [0.29, 0.717) is 17.9 Å². The van der Waals surface area contributed by atoms with Crippen molar-refractivity contribution < 1.29 is 24.5 Å². The number of rotatable bonds is 9. The average Bonchev–Trinajstić information content (AvgIpc) is 2.83. The van der Waals surface area contributed by atoms with Gasteiger partial charge in [0.05, 0.1) is 16.2 Å². The molecule has 2 aromatic carbocycles. The van der Waals surface area contributed by atoms with Gasteiger partial charge in [-0.15, -0.1) is 0 Å². The van der Waals surface area contributed by atoms with E-state index in [2.05, 4.69) is 27.9 Å². The van der Waals surface area contributed by atoms with Gasteiger partial charge in [-0.05, 0) is 59.2 Å². The van der Waals surface area contributed by atoms with E-state index in [1.807, 2.05) is 54.6 Å². The van der Waals surface area contributed by atoms with Crippen molar-refractivity contribution in [1.82, 2.24) is 10.2 Å². The van der Waals surface area contributed by atoms with Crippen molar-refractivity contribution in [3.63, 3.8) is 0 Å². The maximum atomic E-state index is 13.6. The fourth-order valence-corrected chi connectivity index (χ4v) is 5.01. The molecule has 2 amide bonds. The number of para-hydroxylation sites is 1. The van der Waals surface area contributed by atoms with Crippen LogP contribution in [0.2, 0.25) is 0 Å². The topological polar surface area (TPSA) is 99.1 Å². The molecule has 186 valence electrons. The summed E-state index contributed by atoms with van der Waals surface area (Å²) in [7, 11) is 0. The third-order valence-electron chi connectivity index (χ3n) is 6.65. The zero-order valence-electron chi connectivity index (χ0n) is 19.5. The smallest absolute Gasteiger partial charge is 0.247 e. The minimum atomic E-state index is -1.02. The SMILES string of the molecule is O=C(NCCO)C1=CC(Oc2ccccc2I)C(O)C(N(Cc2ccccc2)C(=O)C2CCC2)C1. The van der Waals surface area contributed by atoms with E-state index in [1.54, 1.807) is 11.0 Å². The van der Waals surface area contributed by atoms with Gasteiger partial charge in [-0.2, -0.15) is 0 Å². The molecule has 0 aliphatic heterocycles. The summed E-state index contributed by atoms with van der Waals surface area (Å²) in [5, 5.41) is 23.3. The van der Waals surface area contributed by atoms with Gasteiger partial charge < -0.3 is 25.2 Å². The molecule has 2 aliphatic carbocycles. The third-order valence-corrected chi connectivity index (χ3v) is 7.54. The van der Waals surface area contributed by atoms with E-state index in [-0.39, 0.29) is 37.3 Å². The summed E-state index contributed by atoms with van der Waals surface area (Å²) in [4.78, 5) is 28.2. The monoisotopic (exact) mass is 590 g/mol. The molecule has 1 saturated carbocycles. The lowest BCUT2D eigenvalue weighted by Gasteiger charge is -2.43. The molecule has 0 aromatic heterocycles. The first-order chi connectivity index (χ1) is 17.0. The van der Waals surface area contributed by atoms with Gasteiger partial charge in [0, 0.05) is 31.0 Å². The molecule has 7 nitrogen and oxygen atoms in total. The number of aliphatic hydroxyl groups excluding tert-OH is 2. The van der Waals surface area contributed by atoms with Crippen LogP contribution in [0, 0.1) is 9.49 Å². The van der Waals surface area contributed by atoms with Crippen molar-refractivity contribution in [2.24, 2.45) is 5.92 Å². The van der Waals surface area contributed by atoms with Crippen LogP contribution in [-0.4, -0.2) is 58.3 Å². The summed E-state index contributed by atoms with van der Waals surface area (Å²) in [5.41, 5.74) is 1.40. The van der Waals surface area contributed by atoms with Crippen LogP contribution in [0.1, 0.15) is 31.2 Å². The van der Waals surface area contributed by atoms with Crippen LogP contribution in [-0.2, 0) is 16.1 Å². The highest BCUT2D eigenvalue weighted by atomic mass is 127. The van der Waals surface area contributed by atoms with Crippen LogP contribution < -0.4 is 10.1 Å². The van der Waals surface area contributed by atoms with Crippen molar-refractivity contribution in [3.8, 4) is 5.75 Å². The molecule has 3 N–H and O–H groups in total. The zero-order valence-corrected chi connectivity index (χ0v) is 21.6. The molecule has 4 rings (SSSR count). The van der Waals surface area contributed by atoms with Gasteiger partial charge in [-0.1, -0.05) is 48.9 Å². The fourth-order valence-electron chi connectivity index (χ4n) is 4.49. The Balaban J connectivity index is 1.66. The maximum absolute atomic E-state index is 13.6. The minimum Gasteiger partial charge on any atom is -0.482 e. The number of halogens is 1. The number of carbonyl (C=O) groups excluding carboxylic acids is 2. The van der Waals surface area contributed by atoms with Crippen LogP contribution in [0.25, 0.3) is 0 Å². The third kappa shape index (κ3) is 6.23. The highest BCUT2D eigenvalue weighted by Crippen LogP contribution is 2.34. The van der Waals surface area contributed by atoms with Crippen LogP contribution in [0.5, 0.6) is 5.75 Å². The van der Waals surface area contributed by atoms with E-state index in [0.717, 1.165) is 28.4 Å². The van der Waals surface area contributed by atoms with Gasteiger partial charge in [0.15, 0.2) is 0 Å². The molecule has 8 heteroatoms. The summed E-state index contributed by atoms with van der Waals surface area (Å²) in [6, 6.07) is 16.5. The number of aliphatic hydroxyl groups is 2. The second-order valence-corrected chi connectivity index (χ2v) is 10.2. The van der Waals surface area contributed by atoms with Crippen molar-refractivity contribution in [3.05, 3.63) is 75.4 Å². The molecule has 0 radical (unpaired) electrons. The first kappa shape index (κ1) is 25.7. The highest BCUT2D eigenvalue weighted by molar-refractivity contribution is 14.1. The molecule has 2 aliphatic rings. The van der Waals surface area contributed by atoms with Crippen LogP contribution in [0.3, 0.4) is 0 Å². The van der Waals surface area contributed by atoms with Crippen LogP contribution in [0.4, 0.5) is 0 Å². The summed E-state index contributed by atoms with van der Waals surface area (Å²) in [6.45, 7) is 0.298. The molecule has 2 aromatic rings. The second-order valence-electron chi connectivity index (χ2n) is 9.03. The standard InChI is InChI=1S/C27H31IN2O5/c28-21-11-4-5-12-23(21)35-24-16-20(26(33)29-13-14-31)15-22(25(24)32)30(27(34)19-9-6-10-19)17-18-7-2-1-3-8-18/h1-5,7-8,11-12,16,19,22,24-25,31-32H,6,9-10,13-15,17H2,(H,29,33). The van der Waals surface area contributed by atoms with E-state index >= 15 is 0 Å². The highest BCUT2D eigenvalue weighted by Gasteiger charge is 2.42. The van der Waals surface area contributed by atoms with E-state index in [1.165, 1.54) is 0 Å². The Morgan fingerprint density at radius 2 is 1.80 bits per heavy atom. The summed E-state index contributed by atoms with van der Waals surface area (Å²) < 4.78 is 7.07. The van der Waals surface area contributed by atoms with E-state index in [9.17, 15) is 14.7 Å². The second kappa shape index (κ2) is 12.0. The molecule has 3 unspecified atom stereocenters. The molecule has 35 heavy (non-hydrogen) atoms. The van der Waals surface area contributed by atoms with E-state index in [4.69, 9.17) is 9.84 Å². The quantitative estimate of drug-likeness (QED) is 0.391. The number of hydrogen-bond donors (Lipinski definition) is 3. The van der Waals surface area contributed by atoms with Crippen molar-refractivity contribution in [1.29, 1.82) is 0 Å². The number of nitrogens with one attached hydrogen (secondary N) is 1. The normalized spacial score (nSPS) is 22.0. The zero-order chi connectivity index (χ0) is 24.8. The lowest BCUT2D eigenvalue weighted by atomic mass is 9.82. The van der Waals surface area contributed by atoms with Crippen LogP contribution >= 0.6 is 22.6 Å². The number of benzene rings is 2. The molecule has 0 bridgehead atoms. The Bertz CT molecular complexity index is 1060. The molecule has 0 saturated heterocycles. The summed E-state index contributed by atoms with van der Waals surface area (Å²) in [6.07, 6.45) is 2.72. The Kier molecular flexibility index (Phi) is 8.80. The molecule has 0 heterocycles. The number of nitrogens with zero attached hydrogens (tertiary/aromatic N) is 1. The minimum absolute atomic E-state index is 0.00853. The maximum Gasteiger partial charge on any atom is 0.247 e. The Hall–Kier alpha value is -2.43. The van der Waals surface area contributed by atoms with Crippen molar-refractivity contribution >= 4 is 34.4 Å². The lowest BCUT2D eigenvalue weighted by Crippen LogP contribution is -2.56. The molecular formula is C27H31IN2O5. The summed E-state index contributed by atoms with van der Waals surface area (Å²) in [5.74, 6) is 0.222. The Morgan fingerprint density at radius 3 is 2.46 bits per heavy atom. The van der Waals surface area contributed by atoms with Gasteiger partial charge in [-0.3, -0.25) is 9.59 Å².